The van der Waals surface area contributed by atoms with Gasteiger partial charge in [0.15, 0.2) is 0 Å². The van der Waals surface area contributed by atoms with Gasteiger partial charge in [0.25, 0.3) is 0 Å². The average Bonchev–Trinajstić information content (AvgIpc) is 2.05. The molecule has 0 aromatic heterocycles. The van der Waals surface area contributed by atoms with Crippen molar-refractivity contribution in [3.05, 3.63) is 34.9 Å². The van der Waals surface area contributed by atoms with Gasteiger partial charge in [-0.15, -0.1) is 0 Å². The molecule has 62 valence electrons. The van der Waals surface area contributed by atoms with E-state index in [0.29, 0.717) is 0 Å². The molecular formula is C8H5ClFNO. The van der Waals surface area contributed by atoms with E-state index >= 15 is 0 Å². The van der Waals surface area contributed by atoms with Crippen LogP contribution in [0, 0.1) is 0 Å². The molecule has 1 unspecified atom stereocenters. The van der Waals surface area contributed by atoms with Gasteiger partial charge in [-0.1, -0.05) is 29.8 Å². The summed E-state index contributed by atoms with van der Waals surface area (Å²) >= 11 is 5.63. The Morgan fingerprint density at radius 2 is 2.17 bits per heavy atom. The lowest BCUT2D eigenvalue weighted by Crippen LogP contribution is -1.87. The van der Waals surface area contributed by atoms with E-state index in [9.17, 15) is 9.18 Å². The lowest BCUT2D eigenvalue weighted by molar-refractivity contribution is 0.356. The lowest BCUT2D eigenvalue weighted by Gasteiger charge is -2.02. The molecule has 0 aliphatic rings. The highest BCUT2D eigenvalue weighted by Gasteiger charge is 2.10. The molecule has 0 fully saturated rings. The number of hydrogen-bond donors (Lipinski definition) is 0. The van der Waals surface area contributed by atoms with Gasteiger partial charge in [0.2, 0.25) is 12.4 Å². The Balaban J connectivity index is 3.02. The van der Waals surface area contributed by atoms with Gasteiger partial charge in [0.05, 0.1) is 0 Å². The van der Waals surface area contributed by atoms with Gasteiger partial charge in [-0.2, -0.15) is 4.99 Å². The van der Waals surface area contributed by atoms with Crippen molar-refractivity contribution in [1.82, 2.24) is 0 Å². The maximum Gasteiger partial charge on any atom is 0.238 e. The summed E-state index contributed by atoms with van der Waals surface area (Å²) in [6.07, 6.45) is -0.577. The molecule has 1 rings (SSSR count). The first kappa shape index (κ1) is 8.91. The maximum absolute atomic E-state index is 12.9. The van der Waals surface area contributed by atoms with Crippen LogP contribution in [-0.2, 0) is 4.79 Å². The van der Waals surface area contributed by atoms with Crippen LogP contribution < -0.4 is 0 Å². The third kappa shape index (κ3) is 1.91. The molecule has 1 atom stereocenters. The van der Waals surface area contributed by atoms with Crippen molar-refractivity contribution in [3.63, 3.8) is 0 Å². The van der Waals surface area contributed by atoms with Crippen molar-refractivity contribution in [2.45, 2.75) is 6.30 Å². The highest BCUT2D eigenvalue weighted by molar-refractivity contribution is 6.31. The Hall–Kier alpha value is -1.18. The summed E-state index contributed by atoms with van der Waals surface area (Å²) in [5.74, 6) is 0. The minimum Gasteiger partial charge on any atom is -0.215 e. The van der Waals surface area contributed by atoms with Crippen LogP contribution in [-0.4, -0.2) is 6.08 Å². The number of alkyl halides is 1. The quantitative estimate of drug-likeness (QED) is 0.396. The first-order valence-electron chi connectivity index (χ1n) is 3.21. The predicted octanol–water partition coefficient (Wildman–Crippen LogP) is 2.64. The molecule has 0 aliphatic carbocycles. The Labute approximate surface area is 73.7 Å². The van der Waals surface area contributed by atoms with E-state index in [1.807, 2.05) is 0 Å². The second-order valence-electron chi connectivity index (χ2n) is 2.08. The molecule has 0 amide bonds. The van der Waals surface area contributed by atoms with Gasteiger partial charge in [0.1, 0.15) is 0 Å². The van der Waals surface area contributed by atoms with Gasteiger partial charge in [-0.25, -0.2) is 9.18 Å². The number of rotatable bonds is 2. The zero-order chi connectivity index (χ0) is 8.97. The number of halogens is 2. The maximum atomic E-state index is 12.9. The van der Waals surface area contributed by atoms with Crippen LogP contribution in [0.2, 0.25) is 5.02 Å². The number of hydrogen-bond acceptors (Lipinski definition) is 2. The van der Waals surface area contributed by atoms with Gasteiger partial charge in [-0.3, -0.25) is 0 Å². The van der Waals surface area contributed by atoms with Crippen LogP contribution in [0.1, 0.15) is 11.9 Å². The second-order valence-corrected chi connectivity index (χ2v) is 2.48. The van der Waals surface area contributed by atoms with E-state index in [4.69, 9.17) is 11.6 Å². The molecule has 2 nitrogen and oxygen atoms in total. The van der Waals surface area contributed by atoms with Crippen molar-refractivity contribution < 1.29 is 9.18 Å². The van der Waals surface area contributed by atoms with Crippen LogP contribution in [0.25, 0.3) is 0 Å². The number of aliphatic imine (C=N–C) groups is 1. The minimum atomic E-state index is -1.71. The van der Waals surface area contributed by atoms with Crippen molar-refractivity contribution in [2.24, 2.45) is 4.99 Å². The van der Waals surface area contributed by atoms with Crippen molar-refractivity contribution >= 4 is 17.7 Å². The summed E-state index contributed by atoms with van der Waals surface area (Å²) in [5.41, 5.74) is 0.183. The van der Waals surface area contributed by atoms with Crippen molar-refractivity contribution in [2.75, 3.05) is 0 Å². The highest BCUT2D eigenvalue weighted by atomic mass is 35.5. The molecule has 12 heavy (non-hydrogen) atoms. The Morgan fingerprint density at radius 1 is 1.50 bits per heavy atom. The van der Waals surface area contributed by atoms with Gasteiger partial charge >= 0.3 is 0 Å². The average molecular weight is 186 g/mol. The van der Waals surface area contributed by atoms with Crippen LogP contribution in [0.4, 0.5) is 4.39 Å². The normalized spacial score (nSPS) is 11.8. The molecule has 1 aromatic carbocycles. The molecule has 0 heterocycles. The molecule has 0 aliphatic heterocycles. The summed E-state index contributed by atoms with van der Waals surface area (Å²) in [4.78, 5) is 12.6. The fourth-order valence-corrected chi connectivity index (χ4v) is 1.01. The van der Waals surface area contributed by atoms with Crippen LogP contribution in [0.15, 0.2) is 29.3 Å². The molecule has 0 saturated carbocycles. The van der Waals surface area contributed by atoms with Crippen molar-refractivity contribution in [3.8, 4) is 0 Å². The molecule has 0 radical (unpaired) electrons. The summed E-state index contributed by atoms with van der Waals surface area (Å²) < 4.78 is 12.9. The summed E-state index contributed by atoms with van der Waals surface area (Å²) in [7, 11) is 0. The van der Waals surface area contributed by atoms with E-state index < -0.39 is 6.30 Å². The molecule has 0 N–H and O–H groups in total. The first-order chi connectivity index (χ1) is 5.75. The van der Waals surface area contributed by atoms with E-state index in [2.05, 4.69) is 4.99 Å². The smallest absolute Gasteiger partial charge is 0.215 e. The molecule has 4 heteroatoms. The largest absolute Gasteiger partial charge is 0.238 e. The van der Waals surface area contributed by atoms with E-state index in [0.717, 1.165) is 6.08 Å². The third-order valence-electron chi connectivity index (χ3n) is 1.33. The van der Waals surface area contributed by atoms with E-state index in [-0.39, 0.29) is 10.6 Å². The second kappa shape index (κ2) is 4.00. The fourth-order valence-electron chi connectivity index (χ4n) is 0.784. The summed E-state index contributed by atoms with van der Waals surface area (Å²) in [6.45, 7) is 0. The van der Waals surface area contributed by atoms with Crippen LogP contribution in [0.5, 0.6) is 0 Å². The Kier molecular flexibility index (Phi) is 2.97. The van der Waals surface area contributed by atoms with E-state index in [1.54, 1.807) is 12.1 Å². The number of isocyanates is 1. The Bertz CT molecular complexity index is 323. The number of carbonyl (C=O) groups excluding carboxylic acids is 1. The summed E-state index contributed by atoms with van der Waals surface area (Å²) in [5, 5.41) is 0.254. The topological polar surface area (TPSA) is 29.4 Å². The van der Waals surface area contributed by atoms with Crippen LogP contribution >= 0.6 is 11.6 Å². The highest BCUT2D eigenvalue weighted by Crippen LogP contribution is 2.25. The zero-order valence-corrected chi connectivity index (χ0v) is 6.75. The van der Waals surface area contributed by atoms with E-state index in [1.165, 1.54) is 12.1 Å². The summed E-state index contributed by atoms with van der Waals surface area (Å²) in [6, 6.07) is 6.29. The number of nitrogens with zero attached hydrogens (tertiary/aromatic N) is 1. The van der Waals surface area contributed by atoms with Crippen LogP contribution in [0.3, 0.4) is 0 Å². The molecular weight excluding hydrogens is 181 g/mol. The lowest BCUT2D eigenvalue weighted by atomic mass is 10.2. The van der Waals surface area contributed by atoms with Gasteiger partial charge in [0, 0.05) is 10.6 Å². The molecule has 0 spiro atoms. The van der Waals surface area contributed by atoms with Gasteiger partial charge < -0.3 is 0 Å². The van der Waals surface area contributed by atoms with Gasteiger partial charge in [-0.05, 0) is 6.07 Å². The number of benzene rings is 1. The molecule has 0 saturated heterocycles. The predicted molar refractivity (Wildman–Crippen MR) is 43.4 cm³/mol. The zero-order valence-electron chi connectivity index (χ0n) is 6.00. The SMILES string of the molecule is O=C=NC(F)c1ccccc1Cl. The standard InChI is InChI=1S/C8H5ClFNO/c9-7-4-2-1-3-6(7)8(10)11-5-12/h1-4,8H. The Morgan fingerprint density at radius 3 is 2.75 bits per heavy atom. The first-order valence-corrected chi connectivity index (χ1v) is 3.59. The van der Waals surface area contributed by atoms with Crippen molar-refractivity contribution in [1.29, 1.82) is 0 Å². The fraction of sp³-hybridized carbons (Fsp3) is 0.125. The minimum absolute atomic E-state index is 0.183. The third-order valence-corrected chi connectivity index (χ3v) is 1.67. The molecule has 0 bridgehead atoms. The molecule has 1 aromatic rings. The monoisotopic (exact) mass is 185 g/mol.